The summed E-state index contributed by atoms with van der Waals surface area (Å²) >= 11 is 7.85. The van der Waals surface area contributed by atoms with Crippen LogP contribution in [0.5, 0.6) is 0 Å². The summed E-state index contributed by atoms with van der Waals surface area (Å²) in [5, 5.41) is 1.63. The van der Waals surface area contributed by atoms with Crippen molar-refractivity contribution in [3.63, 3.8) is 0 Å². The van der Waals surface area contributed by atoms with Gasteiger partial charge >= 0.3 is 0 Å². The smallest absolute Gasteiger partial charge is 0.221 e. The van der Waals surface area contributed by atoms with Crippen molar-refractivity contribution in [1.82, 2.24) is 9.37 Å². The van der Waals surface area contributed by atoms with Crippen LogP contribution in [-0.2, 0) is 14.9 Å². The van der Waals surface area contributed by atoms with E-state index in [1.54, 1.807) is 34.2 Å². The Morgan fingerprint density at radius 3 is 2.73 bits per heavy atom. The molecule has 122 valence electrons. The van der Waals surface area contributed by atoms with Gasteiger partial charge < -0.3 is 0 Å². The summed E-state index contributed by atoms with van der Waals surface area (Å²) in [4.78, 5) is 5.53. The molecule has 0 spiro atoms. The molecule has 2 unspecified atom stereocenters. The maximum atomic E-state index is 13.0. The Labute approximate surface area is 140 Å². The minimum Gasteiger partial charge on any atom is -0.297 e. The summed E-state index contributed by atoms with van der Waals surface area (Å²) in [7, 11) is -1.62. The number of benzene rings is 1. The lowest BCUT2D eigenvalue weighted by atomic mass is 10.0. The van der Waals surface area contributed by atoms with Gasteiger partial charge in [-0.05, 0) is 17.7 Å². The molecule has 1 aromatic rings. The van der Waals surface area contributed by atoms with Gasteiger partial charge in [0.25, 0.3) is 0 Å². The highest BCUT2D eigenvalue weighted by atomic mass is 35.5. The Bertz CT molecular complexity index is 635. The van der Waals surface area contributed by atoms with Gasteiger partial charge in [0.15, 0.2) is 0 Å². The maximum absolute atomic E-state index is 13.0. The summed E-state index contributed by atoms with van der Waals surface area (Å²) in [6.45, 7) is 1.34. The van der Waals surface area contributed by atoms with E-state index in [9.17, 15) is 8.42 Å². The van der Waals surface area contributed by atoms with Crippen LogP contribution < -0.4 is 0 Å². The molecular weight excluding hydrogens is 344 g/mol. The molecule has 8 heteroatoms. The van der Waals surface area contributed by atoms with Gasteiger partial charge in [0.2, 0.25) is 10.0 Å². The van der Waals surface area contributed by atoms with Crippen molar-refractivity contribution in [2.24, 2.45) is 0 Å². The Morgan fingerprint density at radius 1 is 1.32 bits per heavy atom. The predicted molar refractivity (Wildman–Crippen MR) is 89.5 cm³/mol. The highest BCUT2D eigenvalue weighted by Gasteiger charge is 2.45. The predicted octanol–water partition coefficient (Wildman–Crippen LogP) is 2.01. The quantitative estimate of drug-likeness (QED) is 0.823. The number of hydrogen-bond donors (Lipinski definition) is 0. The third-order valence-corrected chi connectivity index (χ3v) is 7.51. The molecule has 2 saturated heterocycles. The fourth-order valence-corrected chi connectivity index (χ4v) is 6.25. The van der Waals surface area contributed by atoms with Gasteiger partial charge in [-0.1, -0.05) is 23.7 Å². The van der Waals surface area contributed by atoms with Crippen molar-refractivity contribution >= 4 is 33.4 Å². The van der Waals surface area contributed by atoms with Crippen LogP contribution in [0.1, 0.15) is 11.6 Å². The average molecular weight is 363 g/mol. The summed E-state index contributed by atoms with van der Waals surface area (Å²) in [5.74, 6) is 1.70. The molecule has 0 bridgehead atoms. The lowest BCUT2D eigenvalue weighted by Gasteiger charge is -2.31. The summed E-state index contributed by atoms with van der Waals surface area (Å²) in [5.41, 5.74) is 0.868. The molecule has 5 nitrogen and oxygen atoms in total. The van der Waals surface area contributed by atoms with Crippen LogP contribution in [0.3, 0.4) is 0 Å². The van der Waals surface area contributed by atoms with Crippen LogP contribution in [0, 0.1) is 0 Å². The zero-order valence-corrected chi connectivity index (χ0v) is 14.7. The molecule has 0 radical (unpaired) electrons. The third-order valence-electron chi connectivity index (χ3n) is 4.09. The third kappa shape index (κ3) is 3.16. The van der Waals surface area contributed by atoms with Gasteiger partial charge in [0.1, 0.15) is 5.25 Å². The maximum Gasteiger partial charge on any atom is 0.221 e. The van der Waals surface area contributed by atoms with E-state index in [1.807, 2.05) is 18.2 Å². The first-order valence-corrected chi connectivity index (χ1v) is 10.2. The van der Waals surface area contributed by atoms with E-state index < -0.39 is 15.3 Å². The lowest BCUT2D eigenvalue weighted by molar-refractivity contribution is -0.110. The number of halogens is 1. The second-order valence-electron chi connectivity index (χ2n) is 5.44. The standard InChI is InChI=1S/C14H19ClN2O3S2/c1-16-14(11-3-2-4-12(15)9-11)13(10-20-16)22(18,19)17-5-7-21-8-6-17/h2-4,9,13-14H,5-8,10H2,1H3. The van der Waals surface area contributed by atoms with Gasteiger partial charge in [-0.25, -0.2) is 8.42 Å². The number of thioether (sulfide) groups is 1. The largest absolute Gasteiger partial charge is 0.297 e. The van der Waals surface area contributed by atoms with Crippen molar-refractivity contribution in [2.75, 3.05) is 38.2 Å². The van der Waals surface area contributed by atoms with Gasteiger partial charge in [-0.2, -0.15) is 21.1 Å². The Hall–Kier alpha value is -0.310. The van der Waals surface area contributed by atoms with Crippen molar-refractivity contribution in [2.45, 2.75) is 11.3 Å². The minimum absolute atomic E-state index is 0.180. The van der Waals surface area contributed by atoms with Crippen molar-refractivity contribution in [1.29, 1.82) is 0 Å². The van der Waals surface area contributed by atoms with E-state index in [0.717, 1.165) is 17.1 Å². The van der Waals surface area contributed by atoms with E-state index >= 15 is 0 Å². The first kappa shape index (κ1) is 16.5. The van der Waals surface area contributed by atoms with E-state index in [4.69, 9.17) is 16.4 Å². The van der Waals surface area contributed by atoms with Crippen molar-refractivity contribution in [3.05, 3.63) is 34.9 Å². The molecule has 0 saturated carbocycles. The second-order valence-corrected chi connectivity index (χ2v) is 9.25. The SMILES string of the molecule is CN1OCC(S(=O)(=O)N2CCSCC2)C1c1cccc(Cl)c1. The van der Waals surface area contributed by atoms with E-state index in [0.29, 0.717) is 18.1 Å². The molecule has 0 N–H and O–H groups in total. The molecule has 2 atom stereocenters. The zero-order valence-electron chi connectivity index (χ0n) is 12.3. The van der Waals surface area contributed by atoms with Crippen molar-refractivity contribution < 1.29 is 13.3 Å². The molecule has 0 aromatic heterocycles. The van der Waals surface area contributed by atoms with Crippen LogP contribution in [0.4, 0.5) is 0 Å². The highest BCUT2D eigenvalue weighted by Crippen LogP contribution is 2.36. The molecular formula is C14H19ClN2O3S2. The van der Waals surface area contributed by atoms with Gasteiger partial charge in [-0.15, -0.1) is 0 Å². The van der Waals surface area contributed by atoms with Crippen LogP contribution in [-0.4, -0.2) is 61.3 Å². The van der Waals surface area contributed by atoms with Crippen LogP contribution in [0.2, 0.25) is 5.02 Å². The topological polar surface area (TPSA) is 49.9 Å². The first-order chi connectivity index (χ1) is 10.5. The van der Waals surface area contributed by atoms with Gasteiger partial charge in [0.05, 0.1) is 12.6 Å². The Balaban J connectivity index is 1.91. The molecule has 2 heterocycles. The molecule has 3 rings (SSSR count). The average Bonchev–Trinajstić information content (AvgIpc) is 2.90. The second kappa shape index (κ2) is 6.67. The fourth-order valence-electron chi connectivity index (χ4n) is 2.95. The Morgan fingerprint density at radius 2 is 2.05 bits per heavy atom. The van der Waals surface area contributed by atoms with E-state index in [1.165, 1.54) is 0 Å². The van der Waals surface area contributed by atoms with Crippen LogP contribution >= 0.6 is 23.4 Å². The molecule has 1 aromatic carbocycles. The Kier molecular flexibility index (Phi) is 5.01. The number of rotatable bonds is 3. The summed E-state index contributed by atoms with van der Waals surface area (Å²) in [6, 6.07) is 7.00. The molecule has 0 aliphatic carbocycles. The van der Waals surface area contributed by atoms with Gasteiger partial charge in [0, 0.05) is 36.7 Å². The summed E-state index contributed by atoms with van der Waals surface area (Å²) in [6.07, 6.45) is 0. The van der Waals surface area contributed by atoms with E-state index in [-0.39, 0.29) is 12.6 Å². The number of nitrogens with zero attached hydrogens (tertiary/aromatic N) is 2. The molecule has 22 heavy (non-hydrogen) atoms. The molecule has 0 amide bonds. The van der Waals surface area contributed by atoms with Crippen LogP contribution in [0.25, 0.3) is 0 Å². The highest BCUT2D eigenvalue weighted by molar-refractivity contribution is 7.99. The molecule has 2 aliphatic heterocycles. The number of hydroxylamine groups is 2. The molecule has 2 fully saturated rings. The lowest BCUT2D eigenvalue weighted by Crippen LogP contribution is -2.45. The van der Waals surface area contributed by atoms with Gasteiger partial charge in [-0.3, -0.25) is 4.84 Å². The summed E-state index contributed by atoms with van der Waals surface area (Å²) < 4.78 is 27.6. The number of hydrogen-bond acceptors (Lipinski definition) is 5. The van der Waals surface area contributed by atoms with E-state index in [2.05, 4.69) is 0 Å². The zero-order chi connectivity index (χ0) is 15.7. The minimum atomic E-state index is -3.39. The number of sulfonamides is 1. The normalized spacial score (nSPS) is 28.1. The monoisotopic (exact) mass is 362 g/mol. The fraction of sp³-hybridized carbons (Fsp3) is 0.571. The molecule has 2 aliphatic rings. The van der Waals surface area contributed by atoms with Crippen LogP contribution in [0.15, 0.2) is 24.3 Å². The van der Waals surface area contributed by atoms with Crippen molar-refractivity contribution in [3.8, 4) is 0 Å². The first-order valence-electron chi connectivity index (χ1n) is 7.18.